The summed E-state index contributed by atoms with van der Waals surface area (Å²) in [5.41, 5.74) is 1.89. The van der Waals surface area contributed by atoms with Gasteiger partial charge in [0.15, 0.2) is 0 Å². The van der Waals surface area contributed by atoms with Crippen LogP contribution in [0.15, 0.2) is 30.3 Å². The number of halogens is 3. The zero-order valence-corrected chi connectivity index (χ0v) is 13.3. The number of hydrogen-bond donors (Lipinski definition) is 2. The van der Waals surface area contributed by atoms with Crippen molar-refractivity contribution in [2.24, 2.45) is 0 Å². The zero-order chi connectivity index (χ0) is 17.8. The van der Waals surface area contributed by atoms with Crippen molar-refractivity contribution in [2.45, 2.75) is 43.3 Å². The van der Waals surface area contributed by atoms with E-state index in [1.165, 1.54) is 37.8 Å². The van der Waals surface area contributed by atoms with E-state index in [1.807, 2.05) is 0 Å². The minimum absolute atomic E-state index is 0.324. The van der Waals surface area contributed by atoms with Crippen LogP contribution in [0.1, 0.15) is 31.2 Å². The average molecular weight is 345 g/mol. The molecule has 0 spiro atoms. The number of carbonyl (C=O) groups is 1. The van der Waals surface area contributed by atoms with E-state index < -0.39 is 12.1 Å². The van der Waals surface area contributed by atoms with Gasteiger partial charge in [0.05, 0.1) is 6.61 Å². The second-order valence-electron chi connectivity index (χ2n) is 6.40. The van der Waals surface area contributed by atoms with Crippen molar-refractivity contribution in [3.05, 3.63) is 35.9 Å². The van der Waals surface area contributed by atoms with Crippen LogP contribution in [0.5, 0.6) is 0 Å². The SMILES string of the molecule is O=C(O)C(F)(F)F.OC[C@@H]1CCCN1CC1(c2ccccc2)CC1. The van der Waals surface area contributed by atoms with E-state index in [2.05, 4.69) is 35.2 Å². The third-order valence-electron chi connectivity index (χ3n) is 4.70. The molecule has 0 bridgehead atoms. The van der Waals surface area contributed by atoms with E-state index in [9.17, 15) is 18.3 Å². The van der Waals surface area contributed by atoms with Gasteiger partial charge < -0.3 is 10.2 Å². The van der Waals surface area contributed by atoms with Crippen LogP contribution in [0.3, 0.4) is 0 Å². The van der Waals surface area contributed by atoms with Gasteiger partial charge in [0, 0.05) is 18.0 Å². The molecule has 0 aromatic heterocycles. The Balaban J connectivity index is 0.000000256. The Labute approximate surface area is 138 Å². The third-order valence-corrected chi connectivity index (χ3v) is 4.70. The number of nitrogens with zero attached hydrogens (tertiary/aromatic N) is 1. The summed E-state index contributed by atoms with van der Waals surface area (Å²) in [4.78, 5) is 11.4. The molecule has 1 aliphatic carbocycles. The van der Waals surface area contributed by atoms with Gasteiger partial charge in [-0.15, -0.1) is 0 Å². The van der Waals surface area contributed by atoms with Crippen molar-refractivity contribution >= 4 is 5.97 Å². The molecule has 2 aliphatic rings. The summed E-state index contributed by atoms with van der Waals surface area (Å²) in [5.74, 6) is -2.76. The molecule has 7 heteroatoms. The average Bonchev–Trinajstić information content (AvgIpc) is 3.19. The number of carboxylic acid groups (broad SMARTS) is 1. The predicted octanol–water partition coefficient (Wildman–Crippen LogP) is 2.81. The molecule has 24 heavy (non-hydrogen) atoms. The molecule has 1 aliphatic heterocycles. The van der Waals surface area contributed by atoms with Gasteiger partial charge in [-0.05, 0) is 37.8 Å². The quantitative estimate of drug-likeness (QED) is 0.881. The first-order valence-electron chi connectivity index (χ1n) is 7.99. The predicted molar refractivity (Wildman–Crippen MR) is 82.7 cm³/mol. The molecule has 1 aromatic rings. The summed E-state index contributed by atoms with van der Waals surface area (Å²) in [6, 6.07) is 11.3. The summed E-state index contributed by atoms with van der Waals surface area (Å²) in [6.45, 7) is 2.63. The summed E-state index contributed by atoms with van der Waals surface area (Å²) < 4.78 is 31.7. The molecule has 3 rings (SSSR count). The lowest BCUT2D eigenvalue weighted by Gasteiger charge is -2.28. The highest BCUT2D eigenvalue weighted by atomic mass is 19.4. The van der Waals surface area contributed by atoms with Crippen molar-refractivity contribution in [1.29, 1.82) is 0 Å². The second kappa shape index (κ2) is 7.53. The Morgan fingerprint density at radius 2 is 1.83 bits per heavy atom. The number of likely N-dealkylation sites (tertiary alicyclic amines) is 1. The maximum absolute atomic E-state index is 10.6. The number of carboxylic acids is 1. The molecule has 0 radical (unpaired) electrons. The van der Waals surface area contributed by atoms with Crippen LogP contribution in [-0.2, 0) is 10.2 Å². The monoisotopic (exact) mass is 345 g/mol. The highest BCUT2D eigenvalue weighted by Gasteiger charge is 2.46. The maximum atomic E-state index is 10.6. The lowest BCUT2D eigenvalue weighted by Crippen LogP contribution is -2.38. The molecule has 0 unspecified atom stereocenters. The van der Waals surface area contributed by atoms with Crippen molar-refractivity contribution in [3.63, 3.8) is 0 Å². The van der Waals surface area contributed by atoms with E-state index in [-0.39, 0.29) is 0 Å². The number of aliphatic hydroxyl groups excluding tert-OH is 1. The van der Waals surface area contributed by atoms with Crippen molar-refractivity contribution in [3.8, 4) is 0 Å². The van der Waals surface area contributed by atoms with E-state index in [0.29, 0.717) is 18.1 Å². The molecule has 1 aromatic carbocycles. The van der Waals surface area contributed by atoms with Gasteiger partial charge in [-0.25, -0.2) is 4.79 Å². The topological polar surface area (TPSA) is 60.8 Å². The number of alkyl halides is 3. The number of rotatable bonds is 4. The van der Waals surface area contributed by atoms with Gasteiger partial charge in [-0.2, -0.15) is 13.2 Å². The minimum Gasteiger partial charge on any atom is -0.475 e. The maximum Gasteiger partial charge on any atom is 0.490 e. The molecular weight excluding hydrogens is 323 g/mol. The molecule has 2 N–H and O–H groups in total. The molecule has 1 saturated heterocycles. The fourth-order valence-corrected chi connectivity index (χ4v) is 3.18. The first-order chi connectivity index (χ1) is 11.3. The summed E-state index contributed by atoms with van der Waals surface area (Å²) in [6.07, 6.45) is -0.0468. The highest BCUT2D eigenvalue weighted by Crippen LogP contribution is 2.49. The standard InChI is InChI=1S/C15H21NO.C2HF3O2/c17-11-14-7-4-10-16(14)12-15(8-9-15)13-5-2-1-3-6-13;3-2(4,5)1(6)7/h1-3,5-6,14,17H,4,7-12H2;(H,6,7)/t14-;/m0./s1. The van der Waals surface area contributed by atoms with Crippen LogP contribution < -0.4 is 0 Å². The molecular formula is C17H22F3NO3. The van der Waals surface area contributed by atoms with E-state index in [4.69, 9.17) is 9.90 Å². The van der Waals surface area contributed by atoms with E-state index in [0.717, 1.165) is 6.54 Å². The van der Waals surface area contributed by atoms with Gasteiger partial charge in [0.2, 0.25) is 0 Å². The van der Waals surface area contributed by atoms with E-state index >= 15 is 0 Å². The van der Waals surface area contributed by atoms with Crippen molar-refractivity contribution in [1.82, 2.24) is 4.90 Å². The molecule has 2 fully saturated rings. The summed E-state index contributed by atoms with van der Waals surface area (Å²) >= 11 is 0. The third kappa shape index (κ3) is 4.70. The first-order valence-corrected chi connectivity index (χ1v) is 7.99. The Morgan fingerprint density at radius 3 is 2.29 bits per heavy atom. The van der Waals surface area contributed by atoms with Gasteiger partial charge in [-0.3, -0.25) is 4.90 Å². The zero-order valence-electron chi connectivity index (χ0n) is 13.3. The second-order valence-corrected chi connectivity index (χ2v) is 6.40. The Bertz CT molecular complexity index is 544. The van der Waals surface area contributed by atoms with Gasteiger partial charge in [0.25, 0.3) is 0 Å². The molecule has 0 amide bonds. The Morgan fingerprint density at radius 1 is 1.25 bits per heavy atom. The number of aliphatic carboxylic acids is 1. The summed E-state index contributed by atoms with van der Waals surface area (Å²) in [5, 5.41) is 16.5. The molecule has 1 saturated carbocycles. The lowest BCUT2D eigenvalue weighted by atomic mass is 9.95. The molecule has 4 nitrogen and oxygen atoms in total. The first kappa shape index (κ1) is 18.7. The van der Waals surface area contributed by atoms with Crippen molar-refractivity contribution in [2.75, 3.05) is 19.7 Å². The normalized spacial score (nSPS) is 22.6. The fourth-order valence-electron chi connectivity index (χ4n) is 3.18. The summed E-state index contributed by atoms with van der Waals surface area (Å²) in [7, 11) is 0. The number of hydrogen-bond acceptors (Lipinski definition) is 3. The van der Waals surface area contributed by atoms with Crippen LogP contribution in [0.4, 0.5) is 13.2 Å². The van der Waals surface area contributed by atoms with Crippen LogP contribution in [0, 0.1) is 0 Å². The van der Waals surface area contributed by atoms with Crippen LogP contribution >= 0.6 is 0 Å². The largest absolute Gasteiger partial charge is 0.490 e. The van der Waals surface area contributed by atoms with Crippen LogP contribution in [-0.4, -0.2) is 53.0 Å². The smallest absolute Gasteiger partial charge is 0.475 e. The molecule has 134 valence electrons. The van der Waals surface area contributed by atoms with Gasteiger partial charge in [0.1, 0.15) is 0 Å². The minimum atomic E-state index is -5.08. The lowest BCUT2D eigenvalue weighted by molar-refractivity contribution is -0.192. The Hall–Kier alpha value is -1.60. The molecule has 1 atom stereocenters. The van der Waals surface area contributed by atoms with Crippen molar-refractivity contribution < 1.29 is 28.2 Å². The van der Waals surface area contributed by atoms with Gasteiger partial charge in [-0.1, -0.05) is 30.3 Å². The highest BCUT2D eigenvalue weighted by molar-refractivity contribution is 5.73. The van der Waals surface area contributed by atoms with Crippen LogP contribution in [0.2, 0.25) is 0 Å². The number of aliphatic hydroxyl groups is 1. The van der Waals surface area contributed by atoms with Gasteiger partial charge >= 0.3 is 12.1 Å². The van der Waals surface area contributed by atoms with Crippen LogP contribution in [0.25, 0.3) is 0 Å². The Kier molecular flexibility index (Phi) is 5.87. The molecule has 1 heterocycles. The fraction of sp³-hybridized carbons (Fsp3) is 0.588. The number of benzene rings is 1. The van der Waals surface area contributed by atoms with E-state index in [1.54, 1.807) is 0 Å².